The number of amides is 2. The molecule has 2 fully saturated rings. The minimum absolute atomic E-state index is 0.113. The van der Waals surface area contributed by atoms with E-state index in [1.807, 2.05) is 20.8 Å². The summed E-state index contributed by atoms with van der Waals surface area (Å²) < 4.78 is 33.6. The number of rotatable bonds is 6. The van der Waals surface area contributed by atoms with E-state index in [-0.39, 0.29) is 34.5 Å². The lowest BCUT2D eigenvalue weighted by molar-refractivity contribution is -0.122. The summed E-state index contributed by atoms with van der Waals surface area (Å²) in [6, 6.07) is 4.75. The highest BCUT2D eigenvalue weighted by atomic mass is 35.5. The lowest BCUT2D eigenvalue weighted by atomic mass is 10.2. The van der Waals surface area contributed by atoms with Crippen molar-refractivity contribution >= 4 is 44.4 Å². The van der Waals surface area contributed by atoms with Crippen molar-refractivity contribution in [3.05, 3.63) is 35.6 Å². The number of halogens is 1. The van der Waals surface area contributed by atoms with Crippen molar-refractivity contribution in [3.63, 3.8) is 0 Å². The van der Waals surface area contributed by atoms with Crippen LogP contribution in [0.1, 0.15) is 33.6 Å². The lowest BCUT2D eigenvalue weighted by Crippen LogP contribution is -2.50. The Bertz CT molecular complexity index is 1250. The fourth-order valence-electron chi connectivity index (χ4n) is 4.62. The zero-order valence-electron chi connectivity index (χ0n) is 21.4. The van der Waals surface area contributed by atoms with E-state index in [0.717, 1.165) is 0 Å². The Morgan fingerprint density at radius 3 is 2.57 bits per heavy atom. The summed E-state index contributed by atoms with van der Waals surface area (Å²) in [5.74, 6) is -0.113. The number of fused-ring (bicyclic) bond motifs is 1. The molecule has 2 saturated heterocycles. The van der Waals surface area contributed by atoms with Crippen LogP contribution in [-0.2, 0) is 19.6 Å². The van der Waals surface area contributed by atoms with Gasteiger partial charge >= 0.3 is 6.09 Å². The zero-order valence-corrected chi connectivity index (χ0v) is 23.0. The zero-order chi connectivity index (χ0) is 26.8. The van der Waals surface area contributed by atoms with Gasteiger partial charge in [-0.05, 0) is 33.3 Å². The molecule has 3 heterocycles. The lowest BCUT2D eigenvalue weighted by Gasteiger charge is -2.35. The van der Waals surface area contributed by atoms with Crippen molar-refractivity contribution in [1.29, 1.82) is 0 Å². The van der Waals surface area contributed by atoms with Crippen molar-refractivity contribution in [3.8, 4) is 0 Å². The first kappa shape index (κ1) is 27.6. The Morgan fingerprint density at radius 1 is 1.14 bits per heavy atom. The average Bonchev–Trinajstić information content (AvgIpc) is 3.31. The first-order chi connectivity index (χ1) is 17.4. The number of benzene rings is 1. The number of nitrogens with zero attached hydrogens (tertiary/aromatic N) is 4. The van der Waals surface area contributed by atoms with Gasteiger partial charge < -0.3 is 15.0 Å². The highest BCUT2D eigenvalue weighted by molar-refractivity contribution is 7.89. The summed E-state index contributed by atoms with van der Waals surface area (Å²) in [7, 11) is -3.79. The largest absolute Gasteiger partial charge is 0.444 e. The van der Waals surface area contributed by atoms with E-state index in [2.05, 4.69) is 15.2 Å². The summed E-state index contributed by atoms with van der Waals surface area (Å²) in [5.41, 5.74) is -0.527. The van der Waals surface area contributed by atoms with E-state index in [0.29, 0.717) is 62.9 Å². The Kier molecular flexibility index (Phi) is 8.27. The van der Waals surface area contributed by atoms with E-state index in [9.17, 15) is 18.0 Å². The molecule has 0 spiro atoms. The third kappa shape index (κ3) is 6.70. The molecule has 0 saturated carbocycles. The van der Waals surface area contributed by atoms with Crippen LogP contribution in [0, 0.1) is 0 Å². The molecular formula is C25H34ClN5O5S. The maximum atomic E-state index is 13.4. The van der Waals surface area contributed by atoms with Gasteiger partial charge in [0.2, 0.25) is 15.9 Å². The van der Waals surface area contributed by atoms with E-state index in [4.69, 9.17) is 16.3 Å². The molecule has 10 nitrogen and oxygen atoms in total. The number of carbonyl (C=O) groups is 2. The second-order valence-corrected chi connectivity index (χ2v) is 12.8. The summed E-state index contributed by atoms with van der Waals surface area (Å²) in [5, 5.41) is 4.38. The van der Waals surface area contributed by atoms with Gasteiger partial charge in [-0.1, -0.05) is 23.7 Å². The van der Waals surface area contributed by atoms with Gasteiger partial charge in [-0.3, -0.25) is 14.7 Å². The smallest absolute Gasteiger partial charge is 0.410 e. The molecule has 2 aliphatic heterocycles. The maximum Gasteiger partial charge on any atom is 0.410 e. The van der Waals surface area contributed by atoms with Crippen molar-refractivity contribution in [2.45, 2.75) is 50.2 Å². The molecule has 0 aliphatic carbocycles. The van der Waals surface area contributed by atoms with Gasteiger partial charge in [0.25, 0.3) is 0 Å². The first-order valence-corrected chi connectivity index (χ1v) is 14.3. The summed E-state index contributed by atoms with van der Waals surface area (Å²) in [6.07, 6.45) is 3.56. The number of hydrogen-bond acceptors (Lipinski definition) is 7. The topological polar surface area (TPSA) is 112 Å². The number of aromatic nitrogens is 1. The number of piperazine rings is 1. The number of pyridine rings is 1. The summed E-state index contributed by atoms with van der Waals surface area (Å²) >= 11 is 6.29. The Morgan fingerprint density at radius 2 is 1.86 bits per heavy atom. The third-order valence-electron chi connectivity index (χ3n) is 6.51. The molecule has 1 aromatic heterocycles. The van der Waals surface area contributed by atoms with Crippen LogP contribution in [0.3, 0.4) is 0 Å². The molecule has 1 N–H and O–H groups in total. The average molecular weight is 552 g/mol. The van der Waals surface area contributed by atoms with E-state index in [1.165, 1.54) is 10.5 Å². The van der Waals surface area contributed by atoms with Crippen LogP contribution >= 0.6 is 11.6 Å². The van der Waals surface area contributed by atoms with E-state index in [1.54, 1.807) is 29.3 Å². The molecule has 2 amide bonds. The minimum atomic E-state index is -3.79. The van der Waals surface area contributed by atoms with Gasteiger partial charge in [-0.2, -0.15) is 4.31 Å². The Labute approximate surface area is 222 Å². The van der Waals surface area contributed by atoms with Crippen molar-refractivity contribution in [2.24, 2.45) is 0 Å². The van der Waals surface area contributed by atoms with Crippen LogP contribution in [0.5, 0.6) is 0 Å². The van der Waals surface area contributed by atoms with Crippen LogP contribution < -0.4 is 5.32 Å². The Hall–Kier alpha value is -2.47. The maximum absolute atomic E-state index is 13.4. The van der Waals surface area contributed by atoms with Gasteiger partial charge in [0.05, 0.1) is 9.92 Å². The quantitative estimate of drug-likeness (QED) is 0.587. The fraction of sp³-hybridized carbons (Fsp3) is 0.560. The molecule has 1 atom stereocenters. The predicted molar refractivity (Wildman–Crippen MR) is 141 cm³/mol. The second kappa shape index (κ2) is 11.1. The molecule has 0 bridgehead atoms. The number of hydrogen-bond donors (Lipinski definition) is 1. The van der Waals surface area contributed by atoms with E-state index < -0.39 is 15.6 Å². The molecule has 0 unspecified atom stereocenters. The fourth-order valence-corrected chi connectivity index (χ4v) is 6.68. The van der Waals surface area contributed by atoms with Crippen molar-refractivity contribution in [1.82, 2.24) is 24.4 Å². The molecule has 1 aromatic carbocycles. The van der Waals surface area contributed by atoms with E-state index >= 15 is 0 Å². The SMILES string of the molecule is CC(C)(C)OC(=O)N1CCN(CCC(=O)N[C@H]2CCN(S(=O)(=O)c3cccc4cncc(Cl)c34)C2)CC1. The Balaban J connectivity index is 1.26. The van der Waals surface area contributed by atoms with Crippen LogP contribution in [0.4, 0.5) is 4.79 Å². The van der Waals surface area contributed by atoms with Gasteiger partial charge in [0, 0.05) is 81.4 Å². The first-order valence-electron chi connectivity index (χ1n) is 12.5. The van der Waals surface area contributed by atoms with Gasteiger partial charge in [-0.25, -0.2) is 13.2 Å². The number of carbonyl (C=O) groups excluding carboxylic acids is 2. The van der Waals surface area contributed by atoms with Gasteiger partial charge in [-0.15, -0.1) is 0 Å². The highest BCUT2D eigenvalue weighted by Gasteiger charge is 2.34. The molecule has 0 radical (unpaired) electrons. The standard InChI is InChI=1S/C25H34ClN5O5S/c1-25(2,3)36-24(33)30-13-11-29(12-14-30)9-8-22(32)28-19-7-10-31(17-19)37(34,35)21-6-4-5-18-15-27-16-20(26)23(18)21/h4-6,15-16,19H,7-14,17H2,1-3H3,(H,28,32)/t19-/m0/s1. The predicted octanol–water partition coefficient (Wildman–Crippen LogP) is 2.71. The number of nitrogens with one attached hydrogen (secondary N) is 1. The third-order valence-corrected chi connectivity index (χ3v) is 8.71. The minimum Gasteiger partial charge on any atom is -0.444 e. The monoisotopic (exact) mass is 551 g/mol. The van der Waals surface area contributed by atoms with Crippen LogP contribution in [0.15, 0.2) is 35.5 Å². The van der Waals surface area contributed by atoms with Gasteiger partial charge in [0.15, 0.2) is 0 Å². The second-order valence-electron chi connectivity index (χ2n) is 10.5. The molecule has 37 heavy (non-hydrogen) atoms. The normalized spacial score (nSPS) is 19.8. The molecule has 2 aliphatic rings. The molecule has 2 aromatic rings. The number of ether oxygens (including phenoxy) is 1. The van der Waals surface area contributed by atoms with Gasteiger partial charge in [0.1, 0.15) is 5.60 Å². The highest BCUT2D eigenvalue weighted by Crippen LogP contribution is 2.32. The van der Waals surface area contributed by atoms with Crippen LogP contribution in [0.25, 0.3) is 10.8 Å². The van der Waals surface area contributed by atoms with Crippen molar-refractivity contribution in [2.75, 3.05) is 45.8 Å². The number of sulfonamides is 1. The molecule has 4 rings (SSSR count). The molecular weight excluding hydrogens is 518 g/mol. The molecule has 12 heteroatoms. The summed E-state index contributed by atoms with van der Waals surface area (Å²) in [4.78, 5) is 32.8. The molecule has 202 valence electrons. The van der Waals surface area contributed by atoms with Crippen molar-refractivity contribution < 1.29 is 22.7 Å². The van der Waals surface area contributed by atoms with Crippen LogP contribution in [-0.4, -0.2) is 97.0 Å². The van der Waals surface area contributed by atoms with Crippen LogP contribution in [0.2, 0.25) is 5.02 Å². The summed E-state index contributed by atoms with van der Waals surface area (Å²) in [6.45, 7) is 9.09.